The molecule has 1 fully saturated rings. The van der Waals surface area contributed by atoms with Crippen molar-refractivity contribution in [1.82, 2.24) is 10.3 Å². The van der Waals surface area contributed by atoms with Crippen LogP contribution in [-0.2, 0) is 9.84 Å². The maximum atomic E-state index is 12.4. The van der Waals surface area contributed by atoms with E-state index in [9.17, 15) is 8.42 Å². The second-order valence-corrected chi connectivity index (χ2v) is 6.80. The van der Waals surface area contributed by atoms with Crippen molar-refractivity contribution in [1.29, 1.82) is 0 Å². The Balaban J connectivity index is 1.87. The van der Waals surface area contributed by atoms with E-state index in [2.05, 4.69) is 15.2 Å². The number of benzene rings is 1. The zero-order valence-electron chi connectivity index (χ0n) is 11.6. The Morgan fingerprint density at radius 1 is 1.00 bits per heavy atom. The molecule has 0 aliphatic carbocycles. The zero-order chi connectivity index (χ0) is 14.7. The molecule has 1 saturated heterocycles. The van der Waals surface area contributed by atoms with Crippen molar-refractivity contribution in [2.75, 3.05) is 31.1 Å². The normalized spacial score (nSPS) is 15.9. The van der Waals surface area contributed by atoms with Crippen molar-refractivity contribution in [3.63, 3.8) is 0 Å². The minimum Gasteiger partial charge on any atom is -0.368 e. The summed E-state index contributed by atoms with van der Waals surface area (Å²) in [5, 5.41) is 3.37. The molecule has 0 radical (unpaired) electrons. The zero-order valence-corrected chi connectivity index (χ0v) is 12.4. The van der Waals surface area contributed by atoms with E-state index in [1.807, 2.05) is 6.07 Å². The number of pyridine rings is 1. The quantitative estimate of drug-likeness (QED) is 0.927. The number of anilines is 1. The fourth-order valence-corrected chi connectivity index (χ4v) is 3.56. The average Bonchev–Trinajstić information content (AvgIpc) is 2.57. The molecule has 0 atom stereocenters. The van der Waals surface area contributed by atoms with E-state index in [4.69, 9.17) is 0 Å². The van der Waals surface area contributed by atoms with Crippen LogP contribution in [0.15, 0.2) is 58.6 Å². The number of rotatable bonds is 3. The maximum Gasteiger partial charge on any atom is 0.223 e. The highest BCUT2D eigenvalue weighted by Gasteiger charge is 2.19. The first-order valence-corrected chi connectivity index (χ1v) is 8.38. The van der Waals surface area contributed by atoms with Crippen LogP contribution in [0.1, 0.15) is 0 Å². The molecule has 1 aromatic heterocycles. The van der Waals surface area contributed by atoms with Gasteiger partial charge in [-0.05, 0) is 24.3 Å². The van der Waals surface area contributed by atoms with Crippen molar-refractivity contribution in [2.45, 2.75) is 9.92 Å². The molecule has 2 aromatic rings. The smallest absolute Gasteiger partial charge is 0.223 e. The van der Waals surface area contributed by atoms with Crippen molar-refractivity contribution in [2.24, 2.45) is 0 Å². The predicted octanol–water partition coefficient (Wildman–Crippen LogP) is 1.32. The van der Waals surface area contributed by atoms with E-state index in [1.54, 1.807) is 42.6 Å². The van der Waals surface area contributed by atoms with Crippen molar-refractivity contribution in [3.05, 3.63) is 48.7 Å². The molecule has 0 unspecified atom stereocenters. The van der Waals surface area contributed by atoms with Crippen LogP contribution >= 0.6 is 0 Å². The maximum absolute atomic E-state index is 12.4. The summed E-state index contributed by atoms with van der Waals surface area (Å²) < 4.78 is 24.9. The molecular weight excluding hydrogens is 286 g/mol. The van der Waals surface area contributed by atoms with Gasteiger partial charge in [0.1, 0.15) is 0 Å². The van der Waals surface area contributed by atoms with Crippen LogP contribution < -0.4 is 10.2 Å². The first-order chi connectivity index (χ1) is 10.2. The second kappa shape index (κ2) is 5.83. The number of aromatic nitrogens is 1. The van der Waals surface area contributed by atoms with Gasteiger partial charge in [-0.1, -0.05) is 18.2 Å². The van der Waals surface area contributed by atoms with Crippen LogP contribution in [0.4, 0.5) is 5.69 Å². The number of sulfone groups is 1. The molecule has 110 valence electrons. The molecule has 21 heavy (non-hydrogen) atoms. The van der Waals surface area contributed by atoms with Crippen LogP contribution in [0.25, 0.3) is 0 Å². The predicted molar refractivity (Wildman–Crippen MR) is 81.2 cm³/mol. The minimum absolute atomic E-state index is 0.0904. The van der Waals surface area contributed by atoms with E-state index in [0.29, 0.717) is 0 Å². The fraction of sp³-hybridized carbons (Fsp3) is 0.267. The molecular formula is C15H17N3O2S. The number of hydrogen-bond acceptors (Lipinski definition) is 5. The topological polar surface area (TPSA) is 62.3 Å². The summed E-state index contributed by atoms with van der Waals surface area (Å²) in [5.74, 6) is 0. The fourth-order valence-electron chi connectivity index (χ4n) is 2.36. The third-order valence-corrected chi connectivity index (χ3v) is 5.22. The van der Waals surface area contributed by atoms with Crippen LogP contribution in [0.2, 0.25) is 0 Å². The third-order valence-electron chi connectivity index (χ3n) is 3.53. The molecule has 0 saturated carbocycles. The Morgan fingerprint density at radius 3 is 2.33 bits per heavy atom. The summed E-state index contributed by atoms with van der Waals surface area (Å²) in [5.41, 5.74) is 0.962. The van der Waals surface area contributed by atoms with Gasteiger partial charge in [-0.2, -0.15) is 0 Å². The Morgan fingerprint density at radius 2 is 1.71 bits per heavy atom. The monoisotopic (exact) mass is 303 g/mol. The third kappa shape index (κ3) is 2.91. The Kier molecular flexibility index (Phi) is 3.90. The van der Waals surface area contributed by atoms with Crippen LogP contribution in [0, 0.1) is 0 Å². The van der Waals surface area contributed by atoms with E-state index in [0.717, 1.165) is 31.9 Å². The SMILES string of the molecule is O=S(=O)(c1ccccc1)c1ccc(N2CCNCC2)cn1. The average molecular weight is 303 g/mol. The number of piperazine rings is 1. The molecule has 1 aromatic carbocycles. The highest BCUT2D eigenvalue weighted by atomic mass is 32.2. The second-order valence-electron chi connectivity index (χ2n) is 4.91. The first kappa shape index (κ1) is 14.0. The van der Waals surface area contributed by atoms with Gasteiger partial charge in [-0.3, -0.25) is 0 Å². The van der Waals surface area contributed by atoms with Gasteiger partial charge in [0.25, 0.3) is 0 Å². The van der Waals surface area contributed by atoms with E-state index >= 15 is 0 Å². The standard InChI is InChI=1S/C15H17N3O2S/c19-21(20,14-4-2-1-3-5-14)15-7-6-13(12-17-15)18-10-8-16-9-11-18/h1-7,12,16H,8-11H2. The summed E-state index contributed by atoms with van der Waals surface area (Å²) in [6.07, 6.45) is 1.64. The number of nitrogens with one attached hydrogen (secondary N) is 1. The Hall–Kier alpha value is -1.92. The molecule has 0 bridgehead atoms. The lowest BCUT2D eigenvalue weighted by Crippen LogP contribution is -2.43. The lowest BCUT2D eigenvalue weighted by molar-refractivity contribution is 0.586. The van der Waals surface area contributed by atoms with Crippen LogP contribution in [-0.4, -0.2) is 39.6 Å². The van der Waals surface area contributed by atoms with Gasteiger partial charge in [-0.15, -0.1) is 0 Å². The molecule has 1 aliphatic heterocycles. The van der Waals surface area contributed by atoms with E-state index in [1.165, 1.54) is 0 Å². The Bertz CT molecular complexity index is 693. The van der Waals surface area contributed by atoms with Crippen LogP contribution in [0.5, 0.6) is 0 Å². The van der Waals surface area contributed by atoms with Gasteiger partial charge >= 0.3 is 0 Å². The molecule has 5 nitrogen and oxygen atoms in total. The lowest BCUT2D eigenvalue weighted by atomic mass is 10.3. The highest BCUT2D eigenvalue weighted by molar-refractivity contribution is 7.91. The van der Waals surface area contributed by atoms with Gasteiger partial charge in [0.05, 0.1) is 16.8 Å². The van der Waals surface area contributed by atoms with Gasteiger partial charge in [0.2, 0.25) is 9.84 Å². The first-order valence-electron chi connectivity index (χ1n) is 6.90. The van der Waals surface area contributed by atoms with Gasteiger partial charge in [0.15, 0.2) is 5.03 Å². The van der Waals surface area contributed by atoms with E-state index in [-0.39, 0.29) is 9.92 Å². The minimum atomic E-state index is -3.53. The molecule has 1 aliphatic rings. The summed E-state index contributed by atoms with van der Waals surface area (Å²) in [6.45, 7) is 3.69. The Labute approximate surface area is 124 Å². The molecule has 0 spiro atoms. The highest BCUT2D eigenvalue weighted by Crippen LogP contribution is 2.21. The summed E-state index contributed by atoms with van der Waals surface area (Å²) in [7, 11) is -3.53. The van der Waals surface area contributed by atoms with Crippen molar-refractivity contribution in [3.8, 4) is 0 Å². The lowest BCUT2D eigenvalue weighted by Gasteiger charge is -2.29. The molecule has 1 N–H and O–H groups in total. The van der Waals surface area contributed by atoms with Crippen molar-refractivity contribution < 1.29 is 8.42 Å². The van der Waals surface area contributed by atoms with Gasteiger partial charge in [-0.25, -0.2) is 13.4 Å². The molecule has 0 amide bonds. The van der Waals surface area contributed by atoms with E-state index < -0.39 is 9.84 Å². The molecule has 2 heterocycles. The largest absolute Gasteiger partial charge is 0.368 e. The molecule has 6 heteroatoms. The van der Waals surface area contributed by atoms with Gasteiger partial charge in [0, 0.05) is 26.2 Å². The number of hydrogen-bond donors (Lipinski definition) is 1. The summed E-state index contributed by atoms with van der Waals surface area (Å²) in [6, 6.07) is 11.8. The summed E-state index contributed by atoms with van der Waals surface area (Å²) in [4.78, 5) is 6.62. The summed E-state index contributed by atoms with van der Waals surface area (Å²) >= 11 is 0. The van der Waals surface area contributed by atoms with Gasteiger partial charge < -0.3 is 10.2 Å². The van der Waals surface area contributed by atoms with Crippen LogP contribution in [0.3, 0.4) is 0 Å². The molecule has 3 rings (SSSR count). The number of nitrogens with zero attached hydrogens (tertiary/aromatic N) is 2. The van der Waals surface area contributed by atoms with Crippen molar-refractivity contribution >= 4 is 15.5 Å².